The lowest BCUT2D eigenvalue weighted by Crippen LogP contribution is -2.44. The van der Waals surface area contributed by atoms with Crippen molar-refractivity contribution in [2.75, 3.05) is 0 Å². The fourth-order valence-electron chi connectivity index (χ4n) is 3.50. The van der Waals surface area contributed by atoms with Crippen molar-refractivity contribution < 1.29 is 9.66 Å². The van der Waals surface area contributed by atoms with Crippen molar-refractivity contribution in [2.45, 2.75) is 10.2 Å². The second kappa shape index (κ2) is 7.00. The summed E-state index contributed by atoms with van der Waals surface area (Å²) >= 11 is 6.59. The molecule has 0 aromatic heterocycles. The lowest BCUT2D eigenvalue weighted by atomic mass is 9.78. The third-order valence-electron chi connectivity index (χ3n) is 4.81. The van der Waals surface area contributed by atoms with E-state index in [-0.39, 0.29) is 11.6 Å². The smallest absolute Gasteiger partial charge is 0.269 e. The number of halogens is 2. The molecule has 3 aromatic carbocycles. The molecule has 4 rings (SSSR count). The van der Waals surface area contributed by atoms with Gasteiger partial charge in [-0.2, -0.15) is 9.28 Å². The second-order valence-electron chi connectivity index (χ2n) is 6.30. The van der Waals surface area contributed by atoms with E-state index in [1.165, 1.54) is 12.1 Å². The summed E-state index contributed by atoms with van der Waals surface area (Å²) in [4.78, 5) is 10.6. The summed E-state index contributed by atoms with van der Waals surface area (Å²) in [6.45, 7) is 0. The van der Waals surface area contributed by atoms with Crippen LogP contribution < -0.4 is 4.74 Å². The van der Waals surface area contributed by atoms with E-state index in [4.69, 9.17) is 4.74 Å². The Bertz CT molecular complexity index is 1170. The lowest BCUT2D eigenvalue weighted by Gasteiger charge is -2.37. The number of nitro groups is 1. The van der Waals surface area contributed by atoms with Crippen LogP contribution in [-0.4, -0.2) is 15.1 Å². The molecule has 0 fully saturated rings. The Balaban J connectivity index is 2.00. The Morgan fingerprint density at radius 2 is 1.86 bits per heavy atom. The van der Waals surface area contributed by atoms with Gasteiger partial charge in [-0.15, -0.1) is 0 Å². The highest BCUT2D eigenvalue weighted by Gasteiger charge is 2.50. The summed E-state index contributed by atoms with van der Waals surface area (Å²) in [6, 6.07) is 20.1. The monoisotopic (exact) mass is 499 g/mol. The molecule has 6 nitrogen and oxygen atoms in total. The molecule has 3 aromatic rings. The third-order valence-corrected chi connectivity index (χ3v) is 6.10. The Morgan fingerprint density at radius 3 is 2.50 bits per heavy atom. The third kappa shape index (κ3) is 2.79. The molecule has 0 radical (unpaired) electrons. The Hall–Kier alpha value is -2.76. The van der Waals surface area contributed by atoms with Crippen molar-refractivity contribution in [2.24, 2.45) is 4.02 Å². The average molecular weight is 501 g/mol. The first-order chi connectivity index (χ1) is 13.5. The molecule has 0 saturated carbocycles. The van der Waals surface area contributed by atoms with E-state index in [1.807, 2.05) is 36.4 Å². The number of hydrogen-bond donors (Lipinski definition) is 0. The topological polar surface area (TPSA) is 88.5 Å². The van der Waals surface area contributed by atoms with Gasteiger partial charge < -0.3 is 4.74 Å². The first-order valence-electron chi connectivity index (χ1n) is 8.23. The fraction of sp³-hybridized carbons (Fsp3) is 0.100. The maximum Gasteiger partial charge on any atom is 0.269 e. The lowest BCUT2D eigenvalue weighted by molar-refractivity contribution is -0.384. The van der Waals surface area contributed by atoms with Gasteiger partial charge in [-0.25, -0.2) is 0 Å². The van der Waals surface area contributed by atoms with Crippen LogP contribution in [0.1, 0.15) is 17.0 Å². The van der Waals surface area contributed by atoms with Crippen LogP contribution in [0.15, 0.2) is 64.7 Å². The van der Waals surface area contributed by atoms with Gasteiger partial charge >= 0.3 is 0 Å². The van der Waals surface area contributed by atoms with Gasteiger partial charge in [0.05, 0.1) is 33.1 Å². The first kappa shape index (κ1) is 18.6. The van der Waals surface area contributed by atoms with E-state index in [0.29, 0.717) is 5.75 Å². The fourth-order valence-corrected chi connectivity index (χ4v) is 4.77. The highest BCUT2D eigenvalue weighted by atomic mass is 79.9. The van der Waals surface area contributed by atoms with E-state index < -0.39 is 15.2 Å². The molecular formula is C20H11Br2N3O3. The average Bonchev–Trinajstić information content (AvgIpc) is 2.73. The van der Waals surface area contributed by atoms with E-state index >= 15 is 0 Å². The van der Waals surface area contributed by atoms with Gasteiger partial charge in [-0.3, -0.25) is 10.1 Å². The number of benzene rings is 3. The summed E-state index contributed by atoms with van der Waals surface area (Å²) in [6.07, 6.45) is 0. The number of rotatable bonds is 2. The summed E-state index contributed by atoms with van der Waals surface area (Å²) in [5.41, 5.74) is 1.52. The van der Waals surface area contributed by atoms with Crippen LogP contribution in [-0.2, 0) is 0 Å². The molecule has 1 aliphatic heterocycles. The molecule has 0 amide bonds. The number of ether oxygens (including phenoxy) is 1. The minimum atomic E-state index is -1.28. The molecule has 8 heteroatoms. The normalized spacial score (nSPS) is 22.3. The van der Waals surface area contributed by atoms with Crippen LogP contribution in [0.25, 0.3) is 10.8 Å². The van der Waals surface area contributed by atoms with Gasteiger partial charge in [0.1, 0.15) is 5.75 Å². The molecule has 138 valence electrons. The van der Waals surface area contributed by atoms with E-state index in [2.05, 4.69) is 42.2 Å². The summed E-state index contributed by atoms with van der Waals surface area (Å²) < 4.78 is 8.79. The number of fused-ring (bicyclic) bond motifs is 3. The van der Waals surface area contributed by atoms with Crippen LogP contribution in [0.4, 0.5) is 5.69 Å². The maximum absolute atomic E-state index is 11.0. The van der Waals surface area contributed by atoms with E-state index in [0.717, 1.165) is 21.9 Å². The molecule has 2 unspecified atom stereocenters. The van der Waals surface area contributed by atoms with Crippen molar-refractivity contribution in [3.05, 3.63) is 81.9 Å². The predicted octanol–water partition coefficient (Wildman–Crippen LogP) is 5.64. The molecule has 0 spiro atoms. The van der Waals surface area contributed by atoms with Crippen molar-refractivity contribution >= 4 is 54.4 Å². The largest absolute Gasteiger partial charge is 0.439 e. The standard InChI is InChI=1S/C20H11Br2N3O3/c21-20(11-23)17(13-5-8-14(9-6-13)25(26)27)16-10-7-12-3-1-2-4-15(12)18(16)28-19(20)24-22/h1-10,17H. The van der Waals surface area contributed by atoms with Gasteiger partial charge in [-0.05, 0) is 10.9 Å². The zero-order chi connectivity index (χ0) is 19.9. The van der Waals surface area contributed by atoms with E-state index in [9.17, 15) is 15.4 Å². The molecule has 1 aliphatic rings. The number of hydrogen-bond acceptors (Lipinski definition) is 5. The van der Waals surface area contributed by atoms with Gasteiger partial charge in [0.15, 0.2) is 4.32 Å². The minimum Gasteiger partial charge on any atom is -0.439 e. The van der Waals surface area contributed by atoms with E-state index in [1.54, 1.807) is 12.1 Å². The SMILES string of the molecule is N#CC1(Br)C(=NBr)Oc2c(ccc3ccccc23)C1c1ccc([N+](=O)[O-])cc1. The molecular weight excluding hydrogens is 490 g/mol. The number of nitrogens with zero attached hydrogens (tertiary/aromatic N) is 3. The zero-order valence-electron chi connectivity index (χ0n) is 14.2. The van der Waals surface area contributed by atoms with Crippen LogP contribution in [0.5, 0.6) is 5.75 Å². The van der Waals surface area contributed by atoms with Gasteiger partial charge in [0.2, 0.25) is 5.90 Å². The Morgan fingerprint density at radius 1 is 1.14 bits per heavy atom. The van der Waals surface area contributed by atoms with Gasteiger partial charge in [0, 0.05) is 23.1 Å². The van der Waals surface area contributed by atoms with Crippen molar-refractivity contribution in [1.29, 1.82) is 5.26 Å². The predicted molar refractivity (Wildman–Crippen MR) is 113 cm³/mol. The Labute approximate surface area is 177 Å². The van der Waals surface area contributed by atoms with Crippen molar-refractivity contribution in [3.8, 4) is 11.8 Å². The Kier molecular flexibility index (Phi) is 4.65. The van der Waals surface area contributed by atoms with Gasteiger partial charge in [-0.1, -0.05) is 64.5 Å². The van der Waals surface area contributed by atoms with Crippen LogP contribution in [0.2, 0.25) is 0 Å². The summed E-state index contributed by atoms with van der Waals surface area (Å²) in [7, 11) is 0. The van der Waals surface area contributed by atoms with Crippen LogP contribution in [0.3, 0.4) is 0 Å². The molecule has 1 heterocycles. The van der Waals surface area contributed by atoms with Crippen molar-refractivity contribution in [3.63, 3.8) is 0 Å². The zero-order valence-corrected chi connectivity index (χ0v) is 17.3. The number of alkyl halides is 1. The number of nitriles is 1. The highest BCUT2D eigenvalue weighted by Crippen LogP contribution is 2.51. The summed E-state index contributed by atoms with van der Waals surface area (Å²) in [5, 5.41) is 22.9. The quantitative estimate of drug-likeness (QED) is 0.259. The maximum atomic E-state index is 11.0. The minimum absolute atomic E-state index is 0.0129. The second-order valence-corrected chi connectivity index (χ2v) is 7.91. The van der Waals surface area contributed by atoms with Gasteiger partial charge in [0.25, 0.3) is 5.69 Å². The molecule has 0 saturated heterocycles. The first-order valence-corrected chi connectivity index (χ1v) is 9.73. The van der Waals surface area contributed by atoms with Crippen LogP contribution in [0, 0.1) is 21.4 Å². The molecule has 0 aliphatic carbocycles. The molecule has 28 heavy (non-hydrogen) atoms. The van der Waals surface area contributed by atoms with Crippen molar-refractivity contribution in [1.82, 2.24) is 0 Å². The number of non-ortho nitro benzene ring substituents is 1. The van der Waals surface area contributed by atoms with Crippen LogP contribution >= 0.6 is 32.1 Å². The number of nitro benzene ring substituents is 1. The summed E-state index contributed by atoms with van der Waals surface area (Å²) in [5.74, 6) is 0.301. The molecule has 0 N–H and O–H groups in total. The highest BCUT2D eigenvalue weighted by molar-refractivity contribution is 9.10. The molecule has 2 atom stereocenters. The molecule has 0 bridgehead atoms.